The summed E-state index contributed by atoms with van der Waals surface area (Å²) in [5.74, 6) is 0.813. The third-order valence-electron chi connectivity index (χ3n) is 2.78. The summed E-state index contributed by atoms with van der Waals surface area (Å²) in [7, 11) is 0. The zero-order chi connectivity index (χ0) is 10.7. The Hall–Kier alpha value is -0.900. The lowest BCUT2D eigenvalue weighted by atomic mass is 10.1. The number of hydrogen-bond acceptors (Lipinski definition) is 3. The van der Waals surface area contributed by atoms with Gasteiger partial charge in [0, 0.05) is 31.3 Å². The van der Waals surface area contributed by atoms with Gasteiger partial charge >= 0.3 is 0 Å². The fraction of sp³-hybridized carbons (Fsp3) is 0.636. The smallest absolute Gasteiger partial charge is 0.0957 e. The predicted molar refractivity (Wildman–Crippen MR) is 63.7 cm³/mol. The number of rotatable bonds is 3. The van der Waals surface area contributed by atoms with E-state index < -0.39 is 0 Å². The van der Waals surface area contributed by atoms with Crippen LogP contribution in [0, 0.1) is 12.3 Å². The molecule has 1 N–H and O–H groups in total. The lowest BCUT2D eigenvalue weighted by molar-refractivity contribution is 0.369. The van der Waals surface area contributed by atoms with Crippen molar-refractivity contribution in [1.82, 2.24) is 9.88 Å². The van der Waals surface area contributed by atoms with E-state index in [-0.39, 0.29) is 0 Å². The maximum atomic E-state index is 7.83. The maximum absolute atomic E-state index is 7.83. The monoisotopic (exact) mass is 223 g/mol. The molecule has 2 rings (SSSR count). The van der Waals surface area contributed by atoms with Gasteiger partial charge < -0.3 is 4.90 Å². The van der Waals surface area contributed by atoms with E-state index in [1.807, 2.05) is 6.92 Å². The molecule has 1 aliphatic rings. The van der Waals surface area contributed by atoms with Crippen molar-refractivity contribution in [2.75, 3.05) is 13.1 Å². The molecule has 4 heteroatoms. The number of amidine groups is 1. The van der Waals surface area contributed by atoms with Gasteiger partial charge in [-0.3, -0.25) is 5.41 Å². The number of thiazole rings is 1. The molecule has 1 aromatic heterocycles. The summed E-state index contributed by atoms with van der Waals surface area (Å²) in [5.41, 5.74) is 1.18. The number of hydrogen-bond donors (Lipinski definition) is 1. The molecule has 0 radical (unpaired) electrons. The van der Waals surface area contributed by atoms with E-state index in [0.29, 0.717) is 0 Å². The lowest BCUT2D eigenvalue weighted by Gasteiger charge is -2.28. The number of aromatic nitrogens is 1. The summed E-state index contributed by atoms with van der Waals surface area (Å²) in [6.07, 6.45) is 4.35. The second-order valence-corrected chi connectivity index (χ2v) is 5.06. The molecular formula is C11H17N3S. The molecule has 1 aliphatic heterocycles. The Labute approximate surface area is 94.7 Å². The van der Waals surface area contributed by atoms with Crippen molar-refractivity contribution in [3.63, 3.8) is 0 Å². The Kier molecular flexibility index (Phi) is 3.36. The molecule has 0 aromatic carbocycles. The first-order valence-electron chi connectivity index (χ1n) is 5.49. The first-order chi connectivity index (χ1) is 7.25. The zero-order valence-electron chi connectivity index (χ0n) is 9.12. The van der Waals surface area contributed by atoms with Crippen molar-refractivity contribution in [2.24, 2.45) is 0 Å². The average Bonchev–Trinajstić information content (AvgIpc) is 2.63. The van der Waals surface area contributed by atoms with Gasteiger partial charge in [0.05, 0.1) is 16.5 Å². The fourth-order valence-corrected chi connectivity index (χ4v) is 2.55. The quantitative estimate of drug-likeness (QED) is 0.855. The molecular weight excluding hydrogens is 206 g/mol. The molecule has 0 unspecified atom stereocenters. The van der Waals surface area contributed by atoms with Crippen LogP contribution in [0.5, 0.6) is 0 Å². The van der Waals surface area contributed by atoms with Crippen LogP contribution in [0.15, 0.2) is 5.38 Å². The van der Waals surface area contributed by atoms with Gasteiger partial charge in [0.1, 0.15) is 0 Å². The van der Waals surface area contributed by atoms with Crippen LogP contribution in [-0.4, -0.2) is 28.8 Å². The van der Waals surface area contributed by atoms with Gasteiger partial charge in [0.2, 0.25) is 0 Å². The standard InChI is InChI=1S/C11H17N3S/c1-9-13-10(8-15-9)5-7-14-6-3-2-4-11(14)12/h8,12H,2-7H2,1H3. The van der Waals surface area contributed by atoms with Crippen molar-refractivity contribution in [2.45, 2.75) is 32.6 Å². The van der Waals surface area contributed by atoms with Crippen LogP contribution >= 0.6 is 11.3 Å². The summed E-state index contributed by atoms with van der Waals surface area (Å²) in [5, 5.41) is 11.1. The van der Waals surface area contributed by atoms with Gasteiger partial charge in [-0.2, -0.15) is 0 Å². The molecule has 3 nitrogen and oxygen atoms in total. The van der Waals surface area contributed by atoms with E-state index in [1.54, 1.807) is 11.3 Å². The van der Waals surface area contributed by atoms with Crippen molar-refractivity contribution in [1.29, 1.82) is 5.41 Å². The molecule has 1 aromatic rings. The van der Waals surface area contributed by atoms with E-state index in [9.17, 15) is 0 Å². The Morgan fingerprint density at radius 1 is 1.53 bits per heavy atom. The van der Waals surface area contributed by atoms with Crippen molar-refractivity contribution < 1.29 is 0 Å². The van der Waals surface area contributed by atoms with E-state index in [2.05, 4.69) is 15.3 Å². The Balaban J connectivity index is 1.84. The molecule has 0 spiro atoms. The number of piperidine rings is 1. The van der Waals surface area contributed by atoms with Crippen LogP contribution in [-0.2, 0) is 6.42 Å². The van der Waals surface area contributed by atoms with Crippen LogP contribution in [0.4, 0.5) is 0 Å². The summed E-state index contributed by atoms with van der Waals surface area (Å²) >= 11 is 1.71. The first kappa shape index (κ1) is 10.6. The molecule has 0 atom stereocenters. The van der Waals surface area contributed by atoms with Crippen molar-refractivity contribution in [3.8, 4) is 0 Å². The third-order valence-corrected chi connectivity index (χ3v) is 3.60. The largest absolute Gasteiger partial charge is 0.360 e. The van der Waals surface area contributed by atoms with Gasteiger partial charge in [0.25, 0.3) is 0 Å². The topological polar surface area (TPSA) is 40.0 Å². The minimum absolute atomic E-state index is 0.813. The highest BCUT2D eigenvalue weighted by Gasteiger charge is 2.14. The number of nitrogens with zero attached hydrogens (tertiary/aromatic N) is 2. The second kappa shape index (κ2) is 4.75. The van der Waals surface area contributed by atoms with Gasteiger partial charge in [-0.15, -0.1) is 11.3 Å². The zero-order valence-corrected chi connectivity index (χ0v) is 9.94. The molecule has 2 heterocycles. The minimum atomic E-state index is 0.813. The highest BCUT2D eigenvalue weighted by molar-refractivity contribution is 7.09. The second-order valence-electron chi connectivity index (χ2n) is 4.00. The number of aryl methyl sites for hydroxylation is 1. The van der Waals surface area contributed by atoms with Gasteiger partial charge in [-0.1, -0.05) is 0 Å². The Bertz CT molecular complexity index is 345. The van der Waals surface area contributed by atoms with Gasteiger partial charge in [-0.05, 0) is 19.8 Å². The summed E-state index contributed by atoms with van der Waals surface area (Å²) in [6.45, 7) is 4.06. The van der Waals surface area contributed by atoms with Crippen LogP contribution < -0.4 is 0 Å². The van der Waals surface area contributed by atoms with Crippen LogP contribution in [0.3, 0.4) is 0 Å². The number of likely N-dealkylation sites (tertiary alicyclic amines) is 1. The van der Waals surface area contributed by atoms with Gasteiger partial charge in [0.15, 0.2) is 0 Å². The molecule has 15 heavy (non-hydrogen) atoms. The average molecular weight is 223 g/mol. The summed E-state index contributed by atoms with van der Waals surface area (Å²) < 4.78 is 0. The normalized spacial score (nSPS) is 17.1. The van der Waals surface area contributed by atoms with E-state index in [4.69, 9.17) is 5.41 Å². The molecule has 0 saturated carbocycles. The molecule has 82 valence electrons. The maximum Gasteiger partial charge on any atom is 0.0957 e. The van der Waals surface area contributed by atoms with E-state index in [0.717, 1.165) is 36.8 Å². The Morgan fingerprint density at radius 2 is 2.40 bits per heavy atom. The summed E-state index contributed by atoms with van der Waals surface area (Å²) in [6, 6.07) is 0. The molecule has 1 fully saturated rings. The lowest BCUT2D eigenvalue weighted by Crippen LogP contribution is -2.36. The number of nitrogens with one attached hydrogen (secondary N) is 1. The molecule has 0 bridgehead atoms. The van der Waals surface area contributed by atoms with Crippen LogP contribution in [0.25, 0.3) is 0 Å². The predicted octanol–water partition coefficient (Wildman–Crippen LogP) is 2.46. The van der Waals surface area contributed by atoms with Crippen molar-refractivity contribution in [3.05, 3.63) is 16.1 Å². The highest BCUT2D eigenvalue weighted by Crippen LogP contribution is 2.13. The van der Waals surface area contributed by atoms with E-state index >= 15 is 0 Å². The minimum Gasteiger partial charge on any atom is -0.360 e. The molecule has 1 saturated heterocycles. The van der Waals surface area contributed by atoms with Crippen LogP contribution in [0.2, 0.25) is 0 Å². The van der Waals surface area contributed by atoms with Gasteiger partial charge in [-0.25, -0.2) is 4.98 Å². The molecule has 0 aliphatic carbocycles. The fourth-order valence-electron chi connectivity index (χ4n) is 1.91. The first-order valence-corrected chi connectivity index (χ1v) is 6.37. The van der Waals surface area contributed by atoms with Crippen LogP contribution in [0.1, 0.15) is 30.0 Å². The third kappa shape index (κ3) is 2.78. The SMILES string of the molecule is Cc1nc(CCN2CCCCC2=N)cs1. The Morgan fingerprint density at radius 3 is 3.07 bits per heavy atom. The van der Waals surface area contributed by atoms with E-state index in [1.165, 1.54) is 18.5 Å². The highest BCUT2D eigenvalue weighted by atomic mass is 32.1. The summed E-state index contributed by atoms with van der Waals surface area (Å²) in [4.78, 5) is 6.63. The van der Waals surface area contributed by atoms with Crippen molar-refractivity contribution >= 4 is 17.2 Å². The molecule has 0 amide bonds.